The molecule has 0 bridgehead atoms. The van der Waals surface area contributed by atoms with E-state index < -0.39 is 0 Å². The Morgan fingerprint density at radius 1 is 1.13 bits per heavy atom. The summed E-state index contributed by atoms with van der Waals surface area (Å²) in [4.78, 5) is 14.6. The number of hydrogen-bond acceptors (Lipinski definition) is 4. The number of H-pyrrole nitrogens is 1. The van der Waals surface area contributed by atoms with E-state index in [9.17, 15) is 4.79 Å². The fraction of sp³-hybridized carbons (Fsp3) is 0.471. The molecule has 122 valence electrons. The van der Waals surface area contributed by atoms with Gasteiger partial charge in [-0.2, -0.15) is 5.21 Å². The van der Waals surface area contributed by atoms with Crippen LogP contribution in [0.25, 0.3) is 0 Å². The highest BCUT2D eigenvalue weighted by atomic mass is 16.2. The molecule has 3 rings (SSSR count). The van der Waals surface area contributed by atoms with Gasteiger partial charge < -0.3 is 10.2 Å². The number of likely N-dealkylation sites (tertiary alicyclic amines) is 1. The lowest BCUT2D eigenvalue weighted by atomic mass is 10.1. The smallest absolute Gasteiger partial charge is 0.278 e. The number of anilines is 2. The lowest BCUT2D eigenvalue weighted by molar-refractivity contribution is 0.0756. The van der Waals surface area contributed by atoms with Gasteiger partial charge in [0.15, 0.2) is 11.5 Å². The third kappa shape index (κ3) is 3.70. The first-order chi connectivity index (χ1) is 11.3. The van der Waals surface area contributed by atoms with Gasteiger partial charge in [-0.3, -0.25) is 4.79 Å². The molecule has 2 N–H and O–H groups in total. The van der Waals surface area contributed by atoms with E-state index in [2.05, 4.69) is 39.8 Å². The molecule has 0 unspecified atom stereocenters. The second kappa shape index (κ2) is 7.26. The number of benzene rings is 1. The number of aryl methyl sites for hydroxylation is 1. The van der Waals surface area contributed by atoms with E-state index in [0.29, 0.717) is 11.5 Å². The van der Waals surface area contributed by atoms with Gasteiger partial charge in [-0.05, 0) is 37.0 Å². The summed E-state index contributed by atoms with van der Waals surface area (Å²) in [6, 6.07) is 8.12. The molecule has 0 radical (unpaired) electrons. The first-order valence-corrected chi connectivity index (χ1v) is 8.34. The van der Waals surface area contributed by atoms with Gasteiger partial charge in [0.1, 0.15) is 0 Å². The predicted octanol–water partition coefficient (Wildman–Crippen LogP) is 3.13. The number of nitrogens with zero attached hydrogens (tertiary/aromatic N) is 3. The summed E-state index contributed by atoms with van der Waals surface area (Å²) in [5.41, 5.74) is 2.55. The fourth-order valence-electron chi connectivity index (χ4n) is 2.85. The molecule has 1 saturated heterocycles. The summed E-state index contributed by atoms with van der Waals surface area (Å²) in [6.07, 6.45) is 5.51. The van der Waals surface area contributed by atoms with Crippen molar-refractivity contribution in [2.45, 2.75) is 39.0 Å². The van der Waals surface area contributed by atoms with Gasteiger partial charge in [-0.25, -0.2) is 0 Å². The lowest BCUT2D eigenvalue weighted by Gasteiger charge is -2.19. The van der Waals surface area contributed by atoms with Crippen molar-refractivity contribution in [2.24, 2.45) is 0 Å². The Hall–Kier alpha value is -2.37. The summed E-state index contributed by atoms with van der Waals surface area (Å²) >= 11 is 0. The molecule has 1 aromatic carbocycles. The molecule has 2 aromatic rings. The number of aromatic amines is 1. The van der Waals surface area contributed by atoms with Gasteiger partial charge in [0.05, 0.1) is 0 Å². The number of hydrogen-bond donors (Lipinski definition) is 2. The van der Waals surface area contributed by atoms with Crippen molar-refractivity contribution < 1.29 is 4.79 Å². The summed E-state index contributed by atoms with van der Waals surface area (Å²) in [5, 5.41) is 13.9. The largest absolute Gasteiger partial charge is 0.337 e. The molecule has 0 spiro atoms. The van der Waals surface area contributed by atoms with E-state index >= 15 is 0 Å². The first-order valence-electron chi connectivity index (χ1n) is 8.34. The molecule has 0 aliphatic carbocycles. The van der Waals surface area contributed by atoms with Gasteiger partial charge >= 0.3 is 0 Å². The SMILES string of the molecule is CCc1ccc(Nc2n[nH]nc2C(=O)N2CCCCCC2)cc1. The lowest BCUT2D eigenvalue weighted by Crippen LogP contribution is -2.32. The van der Waals surface area contributed by atoms with Crippen molar-refractivity contribution in [3.8, 4) is 0 Å². The standard InChI is InChI=1S/C17H23N5O/c1-2-13-7-9-14(10-8-13)18-16-15(19-21-20-16)17(23)22-11-5-3-4-6-12-22/h7-10H,2-6,11-12H2,1H3,(H2,18,19,20,21). The van der Waals surface area contributed by atoms with E-state index in [1.807, 2.05) is 17.0 Å². The summed E-state index contributed by atoms with van der Waals surface area (Å²) in [5.74, 6) is 0.442. The topological polar surface area (TPSA) is 73.9 Å². The number of nitrogens with one attached hydrogen (secondary N) is 2. The molecular formula is C17H23N5O. The zero-order valence-electron chi connectivity index (χ0n) is 13.5. The molecule has 0 atom stereocenters. The third-order valence-electron chi connectivity index (χ3n) is 4.27. The molecule has 1 fully saturated rings. The number of amides is 1. The van der Waals surface area contributed by atoms with E-state index in [4.69, 9.17) is 0 Å². The van der Waals surface area contributed by atoms with Crippen molar-refractivity contribution >= 4 is 17.4 Å². The van der Waals surface area contributed by atoms with Gasteiger partial charge in [0.25, 0.3) is 5.91 Å². The van der Waals surface area contributed by atoms with Gasteiger partial charge in [0, 0.05) is 18.8 Å². The highest BCUT2D eigenvalue weighted by Gasteiger charge is 2.23. The average Bonchev–Trinajstić information content (AvgIpc) is 2.87. The Bertz CT molecular complexity index is 641. The Kier molecular flexibility index (Phi) is 4.90. The third-order valence-corrected chi connectivity index (χ3v) is 4.27. The van der Waals surface area contributed by atoms with Crippen LogP contribution in [0.3, 0.4) is 0 Å². The van der Waals surface area contributed by atoms with E-state index in [-0.39, 0.29) is 5.91 Å². The van der Waals surface area contributed by atoms with Gasteiger partial charge in [-0.1, -0.05) is 31.9 Å². The second-order valence-electron chi connectivity index (χ2n) is 5.90. The maximum atomic E-state index is 12.7. The minimum atomic E-state index is -0.0478. The van der Waals surface area contributed by atoms with E-state index in [0.717, 1.165) is 38.0 Å². The minimum Gasteiger partial charge on any atom is -0.337 e. The summed E-state index contributed by atoms with van der Waals surface area (Å²) in [7, 11) is 0. The van der Waals surface area contributed by atoms with Crippen molar-refractivity contribution in [3.05, 3.63) is 35.5 Å². The van der Waals surface area contributed by atoms with Crippen molar-refractivity contribution in [1.29, 1.82) is 0 Å². The Labute approximate surface area is 136 Å². The van der Waals surface area contributed by atoms with Crippen LogP contribution in [-0.4, -0.2) is 39.3 Å². The number of rotatable bonds is 4. The maximum absolute atomic E-state index is 12.7. The van der Waals surface area contributed by atoms with E-state index in [1.165, 1.54) is 18.4 Å². The molecule has 1 amide bonds. The Balaban J connectivity index is 1.74. The van der Waals surface area contributed by atoms with Crippen LogP contribution in [0.2, 0.25) is 0 Å². The molecule has 1 aliphatic rings. The van der Waals surface area contributed by atoms with Crippen LogP contribution in [-0.2, 0) is 6.42 Å². The average molecular weight is 313 g/mol. The predicted molar refractivity (Wildman–Crippen MR) is 89.9 cm³/mol. The fourth-order valence-corrected chi connectivity index (χ4v) is 2.85. The molecule has 23 heavy (non-hydrogen) atoms. The monoisotopic (exact) mass is 313 g/mol. The maximum Gasteiger partial charge on any atom is 0.278 e. The van der Waals surface area contributed by atoms with E-state index in [1.54, 1.807) is 0 Å². The molecule has 2 heterocycles. The minimum absolute atomic E-state index is 0.0478. The highest BCUT2D eigenvalue weighted by molar-refractivity contribution is 5.97. The van der Waals surface area contributed by atoms with Crippen molar-refractivity contribution in [3.63, 3.8) is 0 Å². The van der Waals surface area contributed by atoms with Crippen LogP contribution in [0, 0.1) is 0 Å². The number of aromatic nitrogens is 3. The molecule has 1 aromatic heterocycles. The Morgan fingerprint density at radius 3 is 2.48 bits per heavy atom. The first kappa shape index (κ1) is 15.5. The molecule has 6 nitrogen and oxygen atoms in total. The van der Waals surface area contributed by atoms with Crippen LogP contribution in [0.5, 0.6) is 0 Å². The van der Waals surface area contributed by atoms with Gasteiger partial charge in [-0.15, -0.1) is 10.2 Å². The van der Waals surface area contributed by atoms with Gasteiger partial charge in [0.2, 0.25) is 0 Å². The van der Waals surface area contributed by atoms with Crippen LogP contribution in [0.15, 0.2) is 24.3 Å². The molecule has 1 aliphatic heterocycles. The van der Waals surface area contributed by atoms with Crippen molar-refractivity contribution in [1.82, 2.24) is 20.3 Å². The highest BCUT2D eigenvalue weighted by Crippen LogP contribution is 2.20. The molecule has 6 heteroatoms. The van der Waals surface area contributed by atoms with Crippen LogP contribution >= 0.6 is 0 Å². The van der Waals surface area contributed by atoms with Crippen LogP contribution in [0.4, 0.5) is 11.5 Å². The van der Waals surface area contributed by atoms with Crippen LogP contribution < -0.4 is 5.32 Å². The van der Waals surface area contributed by atoms with Crippen LogP contribution in [0.1, 0.15) is 48.7 Å². The van der Waals surface area contributed by atoms with Crippen molar-refractivity contribution in [2.75, 3.05) is 18.4 Å². The zero-order valence-corrected chi connectivity index (χ0v) is 13.5. The molecule has 0 saturated carbocycles. The quantitative estimate of drug-likeness (QED) is 0.909. The number of carbonyl (C=O) groups is 1. The summed E-state index contributed by atoms with van der Waals surface area (Å²) in [6.45, 7) is 3.73. The summed E-state index contributed by atoms with van der Waals surface area (Å²) < 4.78 is 0. The number of carbonyl (C=O) groups excluding carboxylic acids is 1. The zero-order chi connectivity index (χ0) is 16.1. The molecular weight excluding hydrogens is 290 g/mol. The second-order valence-corrected chi connectivity index (χ2v) is 5.90. The normalized spacial score (nSPS) is 15.3. The Morgan fingerprint density at radius 2 is 1.83 bits per heavy atom.